The molecule has 3 aromatic rings. The number of fused-ring (bicyclic) bond motifs is 1. The van der Waals surface area contributed by atoms with Crippen LogP contribution in [0.3, 0.4) is 0 Å². The molecule has 1 aromatic carbocycles. The minimum atomic E-state index is 0.563. The molecule has 0 aliphatic heterocycles. The predicted octanol–water partition coefficient (Wildman–Crippen LogP) is 2.02. The van der Waals surface area contributed by atoms with Crippen molar-refractivity contribution in [1.29, 1.82) is 0 Å². The summed E-state index contributed by atoms with van der Waals surface area (Å²) in [6.45, 7) is 2.06. The Morgan fingerprint density at radius 2 is 1.88 bits per heavy atom. The summed E-state index contributed by atoms with van der Waals surface area (Å²) < 4.78 is 7.68. The number of hydrogen-bond acceptors (Lipinski definition) is 3. The van der Waals surface area contributed by atoms with E-state index in [1.54, 1.807) is 12.4 Å². The van der Waals surface area contributed by atoms with E-state index in [0.717, 1.165) is 17.1 Å². The van der Waals surface area contributed by atoms with Gasteiger partial charge in [-0.05, 0) is 23.5 Å². The summed E-state index contributed by atoms with van der Waals surface area (Å²) in [5.41, 5.74) is 3.55. The molecule has 0 aliphatic rings. The monoisotopic (exact) mass is 226 g/mol. The third-order valence-electron chi connectivity index (χ3n) is 2.84. The Balaban J connectivity index is 2.32. The normalized spacial score (nSPS) is 10.9. The molecule has 0 atom stereocenters. The average Bonchev–Trinajstić information content (AvgIpc) is 2.68. The fourth-order valence-electron chi connectivity index (χ4n) is 1.92. The summed E-state index contributed by atoms with van der Waals surface area (Å²) in [5, 5.41) is 0. The van der Waals surface area contributed by atoms with Crippen molar-refractivity contribution in [3.05, 3.63) is 42.2 Å². The Labute approximate surface area is 98.6 Å². The van der Waals surface area contributed by atoms with Crippen molar-refractivity contribution in [3.8, 4) is 11.5 Å². The van der Waals surface area contributed by atoms with Crippen molar-refractivity contribution >= 4 is 11.4 Å². The second-order valence-corrected chi connectivity index (χ2v) is 3.97. The molecular formula is C13H12N3O+. The Morgan fingerprint density at radius 1 is 1.12 bits per heavy atom. The van der Waals surface area contributed by atoms with Crippen molar-refractivity contribution < 1.29 is 8.98 Å². The van der Waals surface area contributed by atoms with Gasteiger partial charge in [0.2, 0.25) is 0 Å². The van der Waals surface area contributed by atoms with Crippen LogP contribution in [0.2, 0.25) is 0 Å². The lowest BCUT2D eigenvalue weighted by atomic mass is 10.1. The van der Waals surface area contributed by atoms with E-state index in [0.29, 0.717) is 5.71 Å². The van der Waals surface area contributed by atoms with Crippen LogP contribution in [-0.2, 0) is 7.05 Å². The van der Waals surface area contributed by atoms with Gasteiger partial charge < -0.3 is 4.42 Å². The van der Waals surface area contributed by atoms with Crippen LogP contribution in [-0.4, -0.2) is 9.97 Å². The number of aryl methyl sites for hydroxylation is 2. The summed E-state index contributed by atoms with van der Waals surface area (Å²) in [6, 6.07) is 8.10. The third-order valence-corrected chi connectivity index (χ3v) is 2.84. The number of hydrogen-bond donors (Lipinski definition) is 0. The van der Waals surface area contributed by atoms with Crippen LogP contribution < -0.4 is 4.57 Å². The molecule has 0 radical (unpaired) electrons. The van der Waals surface area contributed by atoms with E-state index in [-0.39, 0.29) is 0 Å². The molecule has 17 heavy (non-hydrogen) atoms. The van der Waals surface area contributed by atoms with E-state index in [9.17, 15) is 0 Å². The molecule has 0 amide bonds. The zero-order valence-electron chi connectivity index (χ0n) is 9.71. The molecule has 0 saturated heterocycles. The van der Waals surface area contributed by atoms with Crippen molar-refractivity contribution in [3.63, 3.8) is 0 Å². The minimum absolute atomic E-state index is 0.563. The highest BCUT2D eigenvalue weighted by Crippen LogP contribution is 2.22. The van der Waals surface area contributed by atoms with E-state index in [2.05, 4.69) is 23.0 Å². The summed E-state index contributed by atoms with van der Waals surface area (Å²) >= 11 is 0. The van der Waals surface area contributed by atoms with Crippen LogP contribution in [0.4, 0.5) is 0 Å². The van der Waals surface area contributed by atoms with E-state index in [1.807, 2.05) is 29.8 Å². The summed E-state index contributed by atoms with van der Waals surface area (Å²) in [4.78, 5) is 8.43. The molecule has 0 unspecified atom stereocenters. The summed E-state index contributed by atoms with van der Waals surface area (Å²) in [5.74, 6) is 0.782. The number of benzene rings is 1. The third kappa shape index (κ3) is 1.49. The first-order chi connectivity index (χ1) is 8.27. The lowest BCUT2D eigenvalue weighted by Crippen LogP contribution is -2.29. The fraction of sp³-hybridized carbons (Fsp3) is 0.154. The van der Waals surface area contributed by atoms with E-state index >= 15 is 0 Å². The summed E-state index contributed by atoms with van der Waals surface area (Å²) in [6.07, 6.45) is 3.30. The lowest BCUT2D eigenvalue weighted by Gasteiger charge is -1.99. The largest absolute Gasteiger partial charge is 0.395 e. The lowest BCUT2D eigenvalue weighted by molar-refractivity contribution is -0.639. The molecule has 3 rings (SSSR count). The minimum Gasteiger partial charge on any atom is -0.395 e. The highest BCUT2D eigenvalue weighted by molar-refractivity contribution is 5.64. The Hall–Kier alpha value is -2.23. The second-order valence-electron chi connectivity index (χ2n) is 3.97. The molecule has 0 N–H and O–H groups in total. The van der Waals surface area contributed by atoms with Gasteiger partial charge in [-0.3, -0.25) is 0 Å². The molecule has 0 spiro atoms. The number of nitrogens with zero attached hydrogens (tertiary/aromatic N) is 3. The van der Waals surface area contributed by atoms with Gasteiger partial charge in [-0.25, -0.2) is 4.98 Å². The molecule has 4 nitrogen and oxygen atoms in total. The van der Waals surface area contributed by atoms with Gasteiger partial charge in [-0.1, -0.05) is 18.2 Å². The molecule has 0 aliphatic carbocycles. The van der Waals surface area contributed by atoms with Gasteiger partial charge in [0, 0.05) is 0 Å². The van der Waals surface area contributed by atoms with Crippen LogP contribution in [0.15, 0.2) is 41.1 Å². The van der Waals surface area contributed by atoms with E-state index in [1.165, 1.54) is 5.56 Å². The Morgan fingerprint density at radius 3 is 2.65 bits per heavy atom. The second kappa shape index (κ2) is 3.66. The van der Waals surface area contributed by atoms with Crippen LogP contribution in [0.25, 0.3) is 22.8 Å². The maximum Gasteiger partial charge on any atom is 0.389 e. The van der Waals surface area contributed by atoms with Gasteiger partial charge in [0.25, 0.3) is 5.89 Å². The van der Waals surface area contributed by atoms with Crippen molar-refractivity contribution in [2.45, 2.75) is 6.92 Å². The molecule has 0 bridgehead atoms. The quantitative estimate of drug-likeness (QED) is 0.596. The number of oxazole rings is 1. The maximum absolute atomic E-state index is 5.76. The van der Waals surface area contributed by atoms with Crippen molar-refractivity contribution in [2.24, 2.45) is 7.05 Å². The first-order valence-electron chi connectivity index (χ1n) is 5.43. The van der Waals surface area contributed by atoms with Crippen molar-refractivity contribution in [1.82, 2.24) is 9.97 Å². The predicted molar refractivity (Wildman–Crippen MR) is 63.2 cm³/mol. The highest BCUT2D eigenvalue weighted by atomic mass is 16.4. The molecule has 2 heterocycles. The standard InChI is InChI=1S/C13H12N3O/c1-9-5-3-4-6-10(9)13-16(2)11-12(17-13)15-8-7-14-11/h3-8H,1-2H3/q+1. The molecule has 84 valence electrons. The molecule has 4 heteroatoms. The van der Waals surface area contributed by atoms with Crippen LogP contribution >= 0.6 is 0 Å². The number of aromatic nitrogens is 3. The van der Waals surface area contributed by atoms with Gasteiger partial charge in [0.1, 0.15) is 0 Å². The molecule has 2 aromatic heterocycles. The molecule has 0 saturated carbocycles. The van der Waals surface area contributed by atoms with Gasteiger partial charge in [0.05, 0.1) is 18.8 Å². The highest BCUT2D eigenvalue weighted by Gasteiger charge is 2.21. The van der Waals surface area contributed by atoms with E-state index in [4.69, 9.17) is 4.42 Å². The maximum atomic E-state index is 5.76. The Bertz CT molecular complexity index is 688. The average molecular weight is 226 g/mol. The zero-order valence-corrected chi connectivity index (χ0v) is 9.71. The Kier molecular flexibility index (Phi) is 2.14. The SMILES string of the molecule is Cc1ccccc1-c1oc2nccnc2[n+]1C. The van der Waals surface area contributed by atoms with Gasteiger partial charge >= 0.3 is 11.4 Å². The van der Waals surface area contributed by atoms with Crippen LogP contribution in [0.5, 0.6) is 0 Å². The molecular weight excluding hydrogens is 214 g/mol. The summed E-state index contributed by atoms with van der Waals surface area (Å²) in [7, 11) is 1.93. The first-order valence-corrected chi connectivity index (χ1v) is 5.43. The molecule has 0 fully saturated rings. The first kappa shape index (κ1) is 9.96. The smallest absolute Gasteiger partial charge is 0.389 e. The van der Waals surface area contributed by atoms with Gasteiger partial charge in [-0.2, -0.15) is 4.57 Å². The van der Waals surface area contributed by atoms with Crippen LogP contribution in [0, 0.1) is 6.92 Å². The van der Waals surface area contributed by atoms with Gasteiger partial charge in [0.15, 0.2) is 6.20 Å². The number of rotatable bonds is 1. The van der Waals surface area contributed by atoms with Crippen molar-refractivity contribution in [2.75, 3.05) is 0 Å². The van der Waals surface area contributed by atoms with Gasteiger partial charge in [-0.15, -0.1) is 0 Å². The van der Waals surface area contributed by atoms with E-state index < -0.39 is 0 Å². The topological polar surface area (TPSA) is 42.8 Å². The fourth-order valence-corrected chi connectivity index (χ4v) is 1.92. The zero-order chi connectivity index (χ0) is 11.8. The van der Waals surface area contributed by atoms with Crippen LogP contribution in [0.1, 0.15) is 5.56 Å².